The van der Waals surface area contributed by atoms with Crippen LogP contribution in [-0.2, 0) is 0 Å². The molecule has 1 atom stereocenters. The lowest BCUT2D eigenvalue weighted by Crippen LogP contribution is -2.31. The molecule has 1 amide bonds. The molecule has 5 rings (SSSR count). The first-order valence-electron chi connectivity index (χ1n) is 10.9. The number of hydrogen-bond acceptors (Lipinski definition) is 6. The van der Waals surface area contributed by atoms with Gasteiger partial charge in [0.15, 0.2) is 0 Å². The topological polar surface area (TPSA) is 86.3 Å². The summed E-state index contributed by atoms with van der Waals surface area (Å²) in [6.07, 6.45) is 0.826. The predicted octanol–water partition coefficient (Wildman–Crippen LogP) is 5.11. The van der Waals surface area contributed by atoms with Crippen molar-refractivity contribution in [1.82, 2.24) is 24.9 Å². The van der Waals surface area contributed by atoms with E-state index in [-0.39, 0.29) is 28.8 Å². The van der Waals surface area contributed by atoms with Crippen molar-refractivity contribution in [3.8, 4) is 22.7 Å². The third-order valence-electron chi connectivity index (χ3n) is 5.73. The van der Waals surface area contributed by atoms with Crippen molar-refractivity contribution in [3.63, 3.8) is 0 Å². The van der Waals surface area contributed by atoms with E-state index in [4.69, 9.17) is 4.42 Å². The molecule has 1 aliphatic heterocycles. The summed E-state index contributed by atoms with van der Waals surface area (Å²) in [5.41, 5.74) is 2.21. The maximum atomic E-state index is 13.6. The number of benzene rings is 2. The zero-order chi connectivity index (χ0) is 24.6. The van der Waals surface area contributed by atoms with Crippen molar-refractivity contribution in [1.29, 1.82) is 0 Å². The van der Waals surface area contributed by atoms with Crippen LogP contribution < -0.4 is 4.74 Å². The Morgan fingerprint density at radius 2 is 1.91 bits per heavy atom. The highest BCUT2D eigenvalue weighted by Gasteiger charge is 2.36. The number of carbonyl (C=O) groups is 1. The first kappa shape index (κ1) is 22.6. The van der Waals surface area contributed by atoms with Gasteiger partial charge in [-0.25, -0.2) is 4.98 Å². The number of aryl methyl sites for hydroxylation is 1. The Morgan fingerprint density at radius 3 is 2.69 bits per heavy atom. The Bertz CT molecular complexity index is 1350. The van der Waals surface area contributed by atoms with Gasteiger partial charge in [0.1, 0.15) is 23.7 Å². The van der Waals surface area contributed by atoms with Gasteiger partial charge >= 0.3 is 6.36 Å². The van der Waals surface area contributed by atoms with Gasteiger partial charge in [0.25, 0.3) is 5.91 Å². The van der Waals surface area contributed by atoms with Crippen molar-refractivity contribution in [2.75, 3.05) is 6.54 Å². The van der Waals surface area contributed by atoms with Gasteiger partial charge in [0.2, 0.25) is 5.89 Å². The number of rotatable bonds is 5. The highest BCUT2D eigenvalue weighted by Crippen LogP contribution is 2.37. The SMILES string of the molecule is Cc1ccc(-n2nccn2)c(C(=O)N2CCCC2c2nc(-c3ccccc3OC(F)(F)F)co2)c1. The second-order valence-electron chi connectivity index (χ2n) is 8.11. The van der Waals surface area contributed by atoms with Crippen LogP contribution in [0, 0.1) is 6.92 Å². The van der Waals surface area contributed by atoms with E-state index in [1.54, 1.807) is 23.1 Å². The second kappa shape index (κ2) is 8.90. The molecule has 180 valence electrons. The maximum absolute atomic E-state index is 13.6. The Kier molecular flexibility index (Phi) is 5.75. The van der Waals surface area contributed by atoms with E-state index < -0.39 is 12.4 Å². The van der Waals surface area contributed by atoms with Crippen molar-refractivity contribution in [2.24, 2.45) is 0 Å². The Balaban J connectivity index is 1.45. The Labute approximate surface area is 197 Å². The average Bonchev–Trinajstić information content (AvgIpc) is 3.59. The molecule has 0 aliphatic carbocycles. The molecule has 1 unspecified atom stereocenters. The van der Waals surface area contributed by atoms with Crippen molar-refractivity contribution < 1.29 is 27.1 Å². The van der Waals surface area contributed by atoms with Crippen LogP contribution in [0.25, 0.3) is 16.9 Å². The number of hydrogen-bond donors (Lipinski definition) is 0. The number of ether oxygens (including phenoxy) is 1. The molecule has 35 heavy (non-hydrogen) atoms. The molecule has 1 saturated heterocycles. The fourth-order valence-corrected chi connectivity index (χ4v) is 4.21. The lowest BCUT2D eigenvalue weighted by Gasteiger charge is -2.23. The molecular formula is C24H20F3N5O3. The number of para-hydroxylation sites is 1. The summed E-state index contributed by atoms with van der Waals surface area (Å²) in [4.78, 5) is 21.1. The zero-order valence-electron chi connectivity index (χ0n) is 18.6. The van der Waals surface area contributed by atoms with Gasteiger partial charge in [-0.15, -0.1) is 13.2 Å². The molecule has 0 radical (unpaired) electrons. The predicted molar refractivity (Wildman–Crippen MR) is 118 cm³/mol. The number of oxazole rings is 1. The fraction of sp³-hybridized carbons (Fsp3) is 0.250. The van der Waals surface area contributed by atoms with Crippen molar-refractivity contribution >= 4 is 5.91 Å². The number of nitrogens with zero attached hydrogens (tertiary/aromatic N) is 5. The van der Waals surface area contributed by atoms with Gasteiger partial charge in [-0.2, -0.15) is 15.0 Å². The van der Waals surface area contributed by atoms with Gasteiger partial charge in [-0.05, 0) is 44.0 Å². The number of aromatic nitrogens is 4. The second-order valence-corrected chi connectivity index (χ2v) is 8.11. The quantitative estimate of drug-likeness (QED) is 0.392. The zero-order valence-corrected chi connectivity index (χ0v) is 18.6. The lowest BCUT2D eigenvalue weighted by molar-refractivity contribution is -0.274. The molecule has 2 aromatic heterocycles. The van der Waals surface area contributed by atoms with E-state index in [0.29, 0.717) is 24.2 Å². The van der Waals surface area contributed by atoms with Gasteiger partial charge in [0, 0.05) is 12.1 Å². The normalized spacial score (nSPS) is 16.0. The summed E-state index contributed by atoms with van der Waals surface area (Å²) >= 11 is 0. The van der Waals surface area contributed by atoms with Crippen molar-refractivity contribution in [3.05, 3.63) is 78.1 Å². The van der Waals surface area contributed by atoms with Gasteiger partial charge in [0.05, 0.1) is 23.6 Å². The fourth-order valence-electron chi connectivity index (χ4n) is 4.21. The molecule has 0 saturated carbocycles. The minimum absolute atomic E-state index is 0.140. The highest BCUT2D eigenvalue weighted by molar-refractivity contribution is 5.98. The molecular weight excluding hydrogens is 463 g/mol. The molecule has 4 aromatic rings. The maximum Gasteiger partial charge on any atom is 0.573 e. The summed E-state index contributed by atoms with van der Waals surface area (Å²) in [7, 11) is 0. The van der Waals surface area contributed by atoms with Crippen LogP contribution in [-0.4, -0.2) is 43.7 Å². The van der Waals surface area contributed by atoms with Gasteiger partial charge in [-0.1, -0.05) is 23.8 Å². The molecule has 0 N–H and O–H groups in total. The van der Waals surface area contributed by atoms with E-state index >= 15 is 0 Å². The first-order valence-corrected chi connectivity index (χ1v) is 10.9. The summed E-state index contributed by atoms with van der Waals surface area (Å²) in [5.74, 6) is -0.363. The van der Waals surface area contributed by atoms with Crippen LogP contribution >= 0.6 is 0 Å². The standard InChI is InChI=1S/C24H20F3N5O3/c1-15-8-9-19(32-28-10-11-29-32)17(13-15)23(33)31-12-4-6-20(31)22-30-18(14-34-22)16-5-2-3-7-21(16)35-24(25,26)27/h2-3,5,7-11,13-14,20H,4,6,12H2,1H3. The summed E-state index contributed by atoms with van der Waals surface area (Å²) in [6.45, 7) is 2.37. The number of amides is 1. The third kappa shape index (κ3) is 4.61. The minimum atomic E-state index is -4.84. The monoisotopic (exact) mass is 483 g/mol. The van der Waals surface area contributed by atoms with Crippen molar-refractivity contribution in [2.45, 2.75) is 32.2 Å². The summed E-state index contributed by atoms with van der Waals surface area (Å²) in [6, 6.07) is 10.7. The van der Waals surface area contributed by atoms with E-state index in [0.717, 1.165) is 12.0 Å². The van der Waals surface area contributed by atoms with Crippen LogP contribution in [0.4, 0.5) is 13.2 Å². The summed E-state index contributed by atoms with van der Waals surface area (Å²) < 4.78 is 48.3. The van der Waals surface area contributed by atoms with E-state index in [2.05, 4.69) is 19.9 Å². The highest BCUT2D eigenvalue weighted by atomic mass is 19.4. The molecule has 8 nitrogen and oxygen atoms in total. The number of alkyl halides is 3. The largest absolute Gasteiger partial charge is 0.573 e. The molecule has 0 spiro atoms. The Hall–Kier alpha value is -4.15. The van der Waals surface area contributed by atoms with Crippen LogP contribution in [0.1, 0.15) is 40.7 Å². The summed E-state index contributed by atoms with van der Waals surface area (Å²) in [5, 5.41) is 8.29. The van der Waals surface area contributed by atoms with E-state index in [1.165, 1.54) is 41.7 Å². The molecule has 2 aromatic carbocycles. The van der Waals surface area contributed by atoms with Crippen LogP contribution in [0.2, 0.25) is 0 Å². The lowest BCUT2D eigenvalue weighted by atomic mass is 10.1. The molecule has 0 bridgehead atoms. The van der Waals surface area contributed by atoms with Crippen LogP contribution in [0.5, 0.6) is 5.75 Å². The smallest absolute Gasteiger partial charge is 0.446 e. The number of likely N-dealkylation sites (tertiary alicyclic amines) is 1. The van der Waals surface area contributed by atoms with Gasteiger partial charge < -0.3 is 14.1 Å². The third-order valence-corrected chi connectivity index (χ3v) is 5.73. The number of halogens is 3. The van der Waals surface area contributed by atoms with Gasteiger partial charge in [-0.3, -0.25) is 4.79 Å². The minimum Gasteiger partial charge on any atom is -0.446 e. The van der Waals surface area contributed by atoms with E-state index in [9.17, 15) is 18.0 Å². The first-order chi connectivity index (χ1) is 16.8. The average molecular weight is 483 g/mol. The molecule has 1 aliphatic rings. The molecule has 11 heteroatoms. The molecule has 3 heterocycles. The Morgan fingerprint density at radius 1 is 1.14 bits per heavy atom. The van der Waals surface area contributed by atoms with E-state index in [1.807, 2.05) is 13.0 Å². The van der Waals surface area contributed by atoms with Crippen LogP contribution in [0.15, 0.2) is 65.5 Å². The van der Waals surface area contributed by atoms with Crippen LogP contribution in [0.3, 0.4) is 0 Å². The number of carbonyl (C=O) groups excluding carboxylic acids is 1. The molecule has 1 fully saturated rings.